The van der Waals surface area contributed by atoms with E-state index >= 15 is 0 Å². The van der Waals surface area contributed by atoms with Crippen LogP contribution in [-0.4, -0.2) is 25.9 Å². The van der Waals surface area contributed by atoms with Crippen molar-refractivity contribution in [2.75, 3.05) is 19.8 Å². The average molecular weight is 179 g/mol. The van der Waals surface area contributed by atoms with Crippen LogP contribution in [0.5, 0.6) is 0 Å². The lowest BCUT2D eigenvalue weighted by atomic mass is 10.2. The summed E-state index contributed by atoms with van der Waals surface area (Å²) in [6, 6.07) is 0. The third-order valence-corrected chi connectivity index (χ3v) is 2.01. The van der Waals surface area contributed by atoms with E-state index in [-0.39, 0.29) is 6.10 Å². The Bertz CT molecular complexity index is 250. The molecular weight excluding hydrogens is 166 g/mol. The van der Waals surface area contributed by atoms with Gasteiger partial charge in [0.1, 0.15) is 6.10 Å². The van der Waals surface area contributed by atoms with Crippen LogP contribution in [0.3, 0.4) is 0 Å². The highest BCUT2D eigenvalue weighted by Gasteiger charge is 2.17. The molecule has 0 radical (unpaired) electrons. The summed E-state index contributed by atoms with van der Waals surface area (Å²) in [4.78, 5) is 0. The molecular formula is C10H13NO2. The zero-order valence-electron chi connectivity index (χ0n) is 7.40. The second-order valence-corrected chi connectivity index (χ2v) is 2.94. The van der Waals surface area contributed by atoms with E-state index in [0.29, 0.717) is 19.8 Å². The molecule has 2 aliphatic rings. The van der Waals surface area contributed by atoms with E-state index in [0.717, 1.165) is 5.70 Å². The van der Waals surface area contributed by atoms with Crippen LogP contribution in [-0.2, 0) is 9.47 Å². The zero-order chi connectivity index (χ0) is 8.93. The van der Waals surface area contributed by atoms with Crippen LogP contribution in [0.2, 0.25) is 0 Å². The summed E-state index contributed by atoms with van der Waals surface area (Å²) in [5.74, 6) is 0. The number of rotatable bonds is 1. The van der Waals surface area contributed by atoms with Gasteiger partial charge in [0.25, 0.3) is 0 Å². The minimum Gasteiger partial charge on any atom is -0.376 e. The maximum Gasteiger partial charge on any atom is 0.121 e. The maximum atomic E-state index is 5.55. The van der Waals surface area contributed by atoms with E-state index in [2.05, 4.69) is 5.32 Å². The molecule has 0 bridgehead atoms. The lowest BCUT2D eigenvalue weighted by molar-refractivity contribution is -0.0738. The molecule has 2 heterocycles. The van der Waals surface area contributed by atoms with E-state index in [9.17, 15) is 0 Å². The monoisotopic (exact) mass is 179 g/mol. The van der Waals surface area contributed by atoms with Gasteiger partial charge in [0.2, 0.25) is 0 Å². The van der Waals surface area contributed by atoms with E-state index in [1.54, 1.807) is 0 Å². The lowest BCUT2D eigenvalue weighted by Crippen LogP contribution is -2.33. The van der Waals surface area contributed by atoms with Crippen molar-refractivity contribution in [2.45, 2.75) is 6.10 Å². The van der Waals surface area contributed by atoms with Crippen molar-refractivity contribution < 1.29 is 9.47 Å². The van der Waals surface area contributed by atoms with Crippen molar-refractivity contribution in [2.24, 2.45) is 0 Å². The van der Waals surface area contributed by atoms with Crippen LogP contribution in [0.1, 0.15) is 0 Å². The highest BCUT2D eigenvalue weighted by atomic mass is 16.6. The predicted octanol–water partition coefficient (Wildman–Crippen LogP) is 0.959. The molecule has 1 fully saturated rings. The molecule has 13 heavy (non-hydrogen) atoms. The topological polar surface area (TPSA) is 30.5 Å². The Hall–Kier alpha value is -1.06. The number of nitrogens with one attached hydrogen (secondary N) is 1. The van der Waals surface area contributed by atoms with Crippen LogP contribution in [0.15, 0.2) is 36.2 Å². The smallest absolute Gasteiger partial charge is 0.121 e. The van der Waals surface area contributed by atoms with Crippen molar-refractivity contribution in [1.29, 1.82) is 0 Å². The average Bonchev–Trinajstić information content (AvgIpc) is 2.47. The molecule has 1 unspecified atom stereocenters. The fourth-order valence-corrected chi connectivity index (χ4v) is 1.34. The molecule has 0 spiro atoms. The van der Waals surface area contributed by atoms with E-state index in [4.69, 9.17) is 9.47 Å². The third kappa shape index (κ3) is 2.20. The van der Waals surface area contributed by atoms with Gasteiger partial charge < -0.3 is 14.8 Å². The molecule has 1 atom stereocenters. The molecule has 1 saturated heterocycles. The van der Waals surface area contributed by atoms with Gasteiger partial charge in [-0.15, -0.1) is 0 Å². The second-order valence-electron chi connectivity index (χ2n) is 2.94. The van der Waals surface area contributed by atoms with E-state index in [1.807, 2.05) is 30.5 Å². The first kappa shape index (κ1) is 8.53. The molecule has 2 aliphatic heterocycles. The molecule has 0 aliphatic carbocycles. The summed E-state index contributed by atoms with van der Waals surface area (Å²) in [5.41, 5.74) is 1.06. The minimum atomic E-state index is 0.0566. The fraction of sp³-hybridized carbons (Fsp3) is 0.400. The Kier molecular flexibility index (Phi) is 2.79. The molecule has 0 aromatic heterocycles. The second kappa shape index (κ2) is 4.25. The zero-order valence-corrected chi connectivity index (χ0v) is 7.40. The summed E-state index contributed by atoms with van der Waals surface area (Å²) in [5, 5.41) is 3.16. The van der Waals surface area contributed by atoms with Crippen LogP contribution >= 0.6 is 0 Å². The molecule has 1 N–H and O–H groups in total. The highest BCUT2D eigenvalue weighted by Crippen LogP contribution is 2.10. The van der Waals surface area contributed by atoms with Crippen molar-refractivity contribution in [3.63, 3.8) is 0 Å². The molecule has 0 aromatic carbocycles. The number of ether oxygens (including phenoxy) is 2. The molecule has 0 saturated carbocycles. The number of allylic oxidation sites excluding steroid dienone is 4. The maximum absolute atomic E-state index is 5.55. The van der Waals surface area contributed by atoms with Crippen molar-refractivity contribution >= 4 is 0 Å². The molecule has 0 amide bonds. The van der Waals surface area contributed by atoms with Crippen LogP contribution < -0.4 is 5.32 Å². The molecule has 2 rings (SSSR count). The Morgan fingerprint density at radius 1 is 1.23 bits per heavy atom. The van der Waals surface area contributed by atoms with Gasteiger partial charge in [-0.1, -0.05) is 12.2 Å². The normalized spacial score (nSPS) is 27.7. The summed E-state index contributed by atoms with van der Waals surface area (Å²) < 4.78 is 10.9. The van der Waals surface area contributed by atoms with Gasteiger partial charge in [0.05, 0.1) is 19.8 Å². The molecule has 3 nitrogen and oxygen atoms in total. The first-order valence-electron chi connectivity index (χ1n) is 4.46. The first-order valence-corrected chi connectivity index (χ1v) is 4.46. The van der Waals surface area contributed by atoms with Gasteiger partial charge in [-0.3, -0.25) is 0 Å². The van der Waals surface area contributed by atoms with Crippen molar-refractivity contribution in [3.8, 4) is 0 Å². The van der Waals surface area contributed by atoms with Crippen LogP contribution in [0, 0.1) is 0 Å². The molecule has 3 heteroatoms. The third-order valence-electron chi connectivity index (χ3n) is 2.01. The van der Waals surface area contributed by atoms with Gasteiger partial charge in [-0.2, -0.15) is 0 Å². The van der Waals surface area contributed by atoms with Crippen molar-refractivity contribution in [3.05, 3.63) is 36.2 Å². The fourth-order valence-electron chi connectivity index (χ4n) is 1.34. The first-order chi connectivity index (χ1) is 6.47. The highest BCUT2D eigenvalue weighted by molar-refractivity contribution is 5.23. The van der Waals surface area contributed by atoms with Gasteiger partial charge >= 0.3 is 0 Å². The van der Waals surface area contributed by atoms with E-state index < -0.39 is 0 Å². The number of hydrogen-bond acceptors (Lipinski definition) is 3. The summed E-state index contributed by atoms with van der Waals surface area (Å²) in [6.07, 6.45) is 9.88. The largest absolute Gasteiger partial charge is 0.376 e. The quantitative estimate of drug-likeness (QED) is 0.650. The Morgan fingerprint density at radius 2 is 2.23 bits per heavy atom. The minimum absolute atomic E-state index is 0.0566. The lowest BCUT2D eigenvalue weighted by Gasteiger charge is -2.24. The van der Waals surface area contributed by atoms with Gasteiger partial charge in [-0.05, 0) is 12.2 Å². The Morgan fingerprint density at radius 3 is 3.08 bits per heavy atom. The van der Waals surface area contributed by atoms with Gasteiger partial charge in [0.15, 0.2) is 0 Å². The predicted molar refractivity (Wildman–Crippen MR) is 50.1 cm³/mol. The Labute approximate surface area is 77.7 Å². The van der Waals surface area contributed by atoms with Crippen LogP contribution in [0.4, 0.5) is 0 Å². The van der Waals surface area contributed by atoms with E-state index in [1.165, 1.54) is 0 Å². The SMILES string of the molecule is C1=CC=C(C2COCCO2)NC=C1. The standard InChI is InChI=1S/C10H13NO2/c1-2-4-9(11-5-3-1)10-8-12-6-7-13-10/h1-5,10-11H,6-8H2. The summed E-state index contributed by atoms with van der Waals surface area (Å²) >= 11 is 0. The number of hydrogen-bond donors (Lipinski definition) is 1. The van der Waals surface area contributed by atoms with Crippen LogP contribution in [0.25, 0.3) is 0 Å². The van der Waals surface area contributed by atoms with Gasteiger partial charge in [-0.25, -0.2) is 0 Å². The summed E-state index contributed by atoms with van der Waals surface area (Å²) in [6.45, 7) is 2.02. The van der Waals surface area contributed by atoms with Crippen molar-refractivity contribution in [1.82, 2.24) is 5.32 Å². The molecule has 0 aromatic rings. The summed E-state index contributed by atoms with van der Waals surface area (Å²) in [7, 11) is 0. The molecule has 70 valence electrons. The Balaban J connectivity index is 2.01. The van der Waals surface area contributed by atoms with Gasteiger partial charge in [0, 0.05) is 11.9 Å².